The van der Waals surface area contributed by atoms with Crippen molar-refractivity contribution in [3.05, 3.63) is 23.9 Å². The lowest BCUT2D eigenvalue weighted by atomic mass is 10.0. The van der Waals surface area contributed by atoms with Crippen molar-refractivity contribution < 1.29 is 9.53 Å². The Morgan fingerprint density at radius 2 is 2.22 bits per heavy atom. The molecule has 3 N–H and O–H groups in total. The quantitative estimate of drug-likeness (QED) is 0.802. The van der Waals surface area contributed by atoms with E-state index in [0.29, 0.717) is 30.5 Å². The molecule has 0 aromatic carbocycles. The molecule has 100 valence electrons. The van der Waals surface area contributed by atoms with Crippen molar-refractivity contribution in [3.8, 4) is 0 Å². The third-order valence-corrected chi connectivity index (χ3v) is 2.67. The topological polar surface area (TPSA) is 77.2 Å². The van der Waals surface area contributed by atoms with Gasteiger partial charge in [0.15, 0.2) is 0 Å². The zero-order chi connectivity index (χ0) is 13.5. The number of amides is 1. The lowest BCUT2D eigenvalue weighted by Crippen LogP contribution is -2.41. The van der Waals surface area contributed by atoms with Crippen LogP contribution in [0.15, 0.2) is 18.3 Å². The first-order valence-corrected chi connectivity index (χ1v) is 6.14. The van der Waals surface area contributed by atoms with Crippen LogP contribution in [0.1, 0.15) is 31.1 Å². The van der Waals surface area contributed by atoms with Gasteiger partial charge in [0.2, 0.25) is 0 Å². The van der Waals surface area contributed by atoms with Gasteiger partial charge in [-0.05, 0) is 25.0 Å². The molecule has 1 aromatic rings. The van der Waals surface area contributed by atoms with Gasteiger partial charge in [-0.3, -0.25) is 4.79 Å². The zero-order valence-corrected chi connectivity index (χ0v) is 11.1. The van der Waals surface area contributed by atoms with Gasteiger partial charge < -0.3 is 15.8 Å². The first-order valence-electron chi connectivity index (χ1n) is 6.14. The second kappa shape index (κ2) is 6.96. The van der Waals surface area contributed by atoms with Gasteiger partial charge in [0.05, 0.1) is 18.2 Å². The number of aromatic nitrogens is 1. The summed E-state index contributed by atoms with van der Waals surface area (Å²) in [6.45, 7) is 7.18. The lowest BCUT2D eigenvalue weighted by molar-refractivity contribution is 0.0806. The third kappa shape index (κ3) is 4.33. The Morgan fingerprint density at radius 1 is 1.50 bits per heavy atom. The molecule has 1 amide bonds. The highest BCUT2D eigenvalue weighted by atomic mass is 16.5. The minimum Gasteiger partial charge on any atom is -0.384 e. The molecule has 1 heterocycles. The van der Waals surface area contributed by atoms with Crippen molar-refractivity contribution in [1.82, 2.24) is 10.3 Å². The Kier molecular flexibility index (Phi) is 5.58. The molecule has 5 heteroatoms. The SMILES string of the molecule is CCOCC(NC(=O)c1ccc(N)nc1)C(C)C. The van der Waals surface area contributed by atoms with Crippen molar-refractivity contribution in [1.29, 1.82) is 0 Å². The zero-order valence-electron chi connectivity index (χ0n) is 11.1. The molecule has 0 fully saturated rings. The highest BCUT2D eigenvalue weighted by molar-refractivity contribution is 5.94. The van der Waals surface area contributed by atoms with E-state index in [1.807, 2.05) is 20.8 Å². The molecular weight excluding hydrogens is 230 g/mol. The second-order valence-corrected chi connectivity index (χ2v) is 4.46. The minimum atomic E-state index is -0.152. The van der Waals surface area contributed by atoms with E-state index in [2.05, 4.69) is 10.3 Å². The van der Waals surface area contributed by atoms with Gasteiger partial charge in [-0.1, -0.05) is 13.8 Å². The minimum absolute atomic E-state index is 0.00463. The van der Waals surface area contributed by atoms with Crippen LogP contribution in [0, 0.1) is 5.92 Å². The smallest absolute Gasteiger partial charge is 0.253 e. The van der Waals surface area contributed by atoms with E-state index >= 15 is 0 Å². The summed E-state index contributed by atoms with van der Waals surface area (Å²) in [7, 11) is 0. The number of rotatable bonds is 6. The largest absolute Gasteiger partial charge is 0.384 e. The van der Waals surface area contributed by atoms with Gasteiger partial charge in [0, 0.05) is 12.8 Å². The van der Waals surface area contributed by atoms with E-state index in [0.717, 1.165) is 0 Å². The average Bonchev–Trinajstić information content (AvgIpc) is 2.34. The number of hydrogen-bond donors (Lipinski definition) is 2. The Balaban J connectivity index is 2.63. The van der Waals surface area contributed by atoms with E-state index < -0.39 is 0 Å². The van der Waals surface area contributed by atoms with Crippen LogP contribution in [0.3, 0.4) is 0 Å². The van der Waals surface area contributed by atoms with Crippen LogP contribution in [0.5, 0.6) is 0 Å². The Morgan fingerprint density at radius 3 is 2.72 bits per heavy atom. The second-order valence-electron chi connectivity index (χ2n) is 4.46. The number of carbonyl (C=O) groups excluding carboxylic acids is 1. The van der Waals surface area contributed by atoms with E-state index in [4.69, 9.17) is 10.5 Å². The van der Waals surface area contributed by atoms with Crippen LogP contribution in [0.2, 0.25) is 0 Å². The molecule has 0 aliphatic carbocycles. The van der Waals surface area contributed by atoms with Gasteiger partial charge in [0.1, 0.15) is 5.82 Å². The molecule has 0 saturated carbocycles. The molecule has 1 unspecified atom stereocenters. The number of anilines is 1. The molecule has 1 aromatic heterocycles. The maximum atomic E-state index is 12.0. The summed E-state index contributed by atoms with van der Waals surface area (Å²) < 4.78 is 5.36. The number of hydrogen-bond acceptors (Lipinski definition) is 4. The molecule has 0 aliphatic rings. The van der Waals surface area contributed by atoms with Crippen molar-refractivity contribution in [3.63, 3.8) is 0 Å². The molecule has 0 bridgehead atoms. The number of nitrogens with two attached hydrogens (primary N) is 1. The van der Waals surface area contributed by atoms with Crippen LogP contribution >= 0.6 is 0 Å². The first kappa shape index (κ1) is 14.4. The number of carbonyl (C=O) groups is 1. The summed E-state index contributed by atoms with van der Waals surface area (Å²) in [6, 6.07) is 3.27. The van der Waals surface area contributed by atoms with E-state index in [9.17, 15) is 4.79 Å². The van der Waals surface area contributed by atoms with Gasteiger partial charge >= 0.3 is 0 Å². The predicted molar refractivity (Wildman–Crippen MR) is 71.2 cm³/mol. The third-order valence-electron chi connectivity index (χ3n) is 2.67. The Labute approximate surface area is 108 Å². The number of pyridine rings is 1. The number of nitrogens with zero attached hydrogens (tertiary/aromatic N) is 1. The number of nitrogen functional groups attached to an aromatic ring is 1. The standard InChI is InChI=1S/C13H21N3O2/c1-4-18-8-11(9(2)3)16-13(17)10-5-6-12(14)15-7-10/h5-7,9,11H,4,8H2,1-3H3,(H2,14,15)(H,16,17). The van der Waals surface area contributed by atoms with Crippen LogP contribution in [0.4, 0.5) is 5.82 Å². The fourth-order valence-corrected chi connectivity index (χ4v) is 1.44. The highest BCUT2D eigenvalue weighted by Gasteiger charge is 2.17. The van der Waals surface area contributed by atoms with Crippen LogP contribution in [-0.2, 0) is 4.74 Å². The summed E-state index contributed by atoms with van der Waals surface area (Å²) in [4.78, 5) is 15.9. The normalized spacial score (nSPS) is 12.4. The van der Waals surface area contributed by atoms with Gasteiger partial charge in [-0.2, -0.15) is 0 Å². The summed E-state index contributed by atoms with van der Waals surface area (Å²) in [5.41, 5.74) is 5.99. The van der Waals surface area contributed by atoms with Gasteiger partial charge in [0.25, 0.3) is 5.91 Å². The van der Waals surface area contributed by atoms with E-state index in [1.165, 1.54) is 6.20 Å². The first-order chi connectivity index (χ1) is 8.54. The summed E-state index contributed by atoms with van der Waals surface area (Å²) >= 11 is 0. The molecule has 18 heavy (non-hydrogen) atoms. The van der Waals surface area contributed by atoms with E-state index in [1.54, 1.807) is 12.1 Å². The molecule has 0 saturated heterocycles. The summed E-state index contributed by atoms with van der Waals surface area (Å²) in [5, 5.41) is 2.94. The Hall–Kier alpha value is -1.62. The molecule has 0 aliphatic heterocycles. The summed E-state index contributed by atoms with van der Waals surface area (Å²) in [5.74, 6) is 0.560. The molecule has 1 atom stereocenters. The fraction of sp³-hybridized carbons (Fsp3) is 0.538. The van der Waals surface area contributed by atoms with Crippen molar-refractivity contribution >= 4 is 11.7 Å². The molecule has 5 nitrogen and oxygen atoms in total. The highest BCUT2D eigenvalue weighted by Crippen LogP contribution is 2.06. The molecule has 1 rings (SSSR count). The Bertz CT molecular complexity index is 376. The van der Waals surface area contributed by atoms with Crippen molar-refractivity contribution in [2.45, 2.75) is 26.8 Å². The molecule has 0 radical (unpaired) electrons. The van der Waals surface area contributed by atoms with Crippen molar-refractivity contribution in [2.75, 3.05) is 18.9 Å². The fourth-order valence-electron chi connectivity index (χ4n) is 1.44. The maximum absolute atomic E-state index is 12.0. The summed E-state index contributed by atoms with van der Waals surface area (Å²) in [6.07, 6.45) is 1.47. The van der Waals surface area contributed by atoms with Crippen LogP contribution in [0.25, 0.3) is 0 Å². The number of ether oxygens (including phenoxy) is 1. The van der Waals surface area contributed by atoms with E-state index in [-0.39, 0.29) is 11.9 Å². The predicted octanol–water partition coefficient (Wildman–Crippen LogP) is 1.45. The maximum Gasteiger partial charge on any atom is 0.253 e. The molecule has 0 spiro atoms. The molecular formula is C13H21N3O2. The average molecular weight is 251 g/mol. The van der Waals surface area contributed by atoms with Crippen LogP contribution in [-0.4, -0.2) is 30.1 Å². The monoisotopic (exact) mass is 251 g/mol. The lowest BCUT2D eigenvalue weighted by Gasteiger charge is -2.22. The van der Waals surface area contributed by atoms with Crippen molar-refractivity contribution in [2.24, 2.45) is 5.92 Å². The van der Waals surface area contributed by atoms with Gasteiger partial charge in [-0.15, -0.1) is 0 Å². The van der Waals surface area contributed by atoms with Gasteiger partial charge in [-0.25, -0.2) is 4.98 Å². The van der Waals surface area contributed by atoms with Crippen LogP contribution < -0.4 is 11.1 Å². The number of nitrogens with one attached hydrogen (secondary N) is 1.